The maximum atomic E-state index is 10.8. The molecule has 112 valence electrons. The molecule has 1 amide bonds. The maximum absolute atomic E-state index is 10.8. The number of aliphatic hydroxyl groups excluding tert-OH is 3. The normalized spacial score (nSPS) is 35.9. The highest BCUT2D eigenvalue weighted by molar-refractivity contribution is 7.80. The van der Waals surface area contributed by atoms with Gasteiger partial charge in [-0.1, -0.05) is 0 Å². The summed E-state index contributed by atoms with van der Waals surface area (Å²) in [6.07, 6.45) is -6.28. The van der Waals surface area contributed by atoms with E-state index in [0.29, 0.717) is 0 Å². The Morgan fingerprint density at radius 3 is 2.37 bits per heavy atom. The van der Waals surface area contributed by atoms with Crippen molar-refractivity contribution in [3.8, 4) is 0 Å². The molecule has 0 aliphatic carbocycles. The van der Waals surface area contributed by atoms with Crippen molar-refractivity contribution in [1.82, 2.24) is 5.32 Å². The van der Waals surface area contributed by atoms with Crippen LogP contribution in [-0.2, 0) is 24.1 Å². The molecule has 1 saturated heterocycles. The number of hydrogen-bond acceptors (Lipinski definition) is 8. The van der Waals surface area contributed by atoms with Gasteiger partial charge in [-0.25, -0.2) is 4.18 Å². The lowest BCUT2D eigenvalue weighted by molar-refractivity contribution is -0.252. The lowest BCUT2D eigenvalue weighted by Gasteiger charge is -2.40. The summed E-state index contributed by atoms with van der Waals surface area (Å²) in [5.41, 5.74) is 0. The van der Waals surface area contributed by atoms with Gasteiger partial charge in [-0.15, -0.1) is 0 Å². The Bertz CT molecular complexity index is 424. The van der Waals surface area contributed by atoms with Gasteiger partial charge in [-0.3, -0.25) is 9.35 Å². The summed E-state index contributed by atoms with van der Waals surface area (Å²) in [6.45, 7) is 0.334. The van der Waals surface area contributed by atoms with Crippen LogP contribution in [0, 0.1) is 0 Å². The van der Waals surface area contributed by atoms with Gasteiger partial charge in [-0.05, 0) is 0 Å². The average molecular weight is 301 g/mol. The van der Waals surface area contributed by atoms with E-state index in [0.717, 1.165) is 6.92 Å². The van der Waals surface area contributed by atoms with Gasteiger partial charge in [0.25, 0.3) is 0 Å². The Hall–Kier alpha value is -0.820. The average Bonchev–Trinajstić information content (AvgIpc) is 2.26. The zero-order valence-electron chi connectivity index (χ0n) is 9.83. The summed E-state index contributed by atoms with van der Waals surface area (Å²) >= 11 is 0. The van der Waals surface area contributed by atoms with Crippen molar-refractivity contribution in [3.63, 3.8) is 0 Å². The monoisotopic (exact) mass is 301 g/mol. The molecule has 0 bridgehead atoms. The van der Waals surface area contributed by atoms with E-state index in [1.165, 1.54) is 0 Å². The van der Waals surface area contributed by atoms with Crippen LogP contribution in [0.15, 0.2) is 0 Å². The van der Waals surface area contributed by atoms with E-state index in [2.05, 4.69) is 9.50 Å². The van der Waals surface area contributed by atoms with Gasteiger partial charge in [0.2, 0.25) is 5.91 Å². The Balaban J connectivity index is 2.69. The maximum Gasteiger partial charge on any atom is 0.397 e. The van der Waals surface area contributed by atoms with Crippen molar-refractivity contribution < 1.29 is 42.0 Å². The summed E-state index contributed by atoms with van der Waals surface area (Å²) < 4.78 is 37.9. The third-order valence-electron chi connectivity index (χ3n) is 2.47. The number of carbonyl (C=O) groups is 1. The molecule has 11 heteroatoms. The van der Waals surface area contributed by atoms with E-state index in [1.807, 2.05) is 0 Å². The van der Waals surface area contributed by atoms with Crippen LogP contribution in [0.4, 0.5) is 0 Å². The molecule has 4 unspecified atom stereocenters. The minimum Gasteiger partial charge on any atom is -0.388 e. The fourth-order valence-corrected chi connectivity index (χ4v) is 1.93. The Morgan fingerprint density at radius 1 is 1.32 bits per heavy atom. The molecule has 0 spiro atoms. The first kappa shape index (κ1) is 16.2. The number of nitrogens with one attached hydrogen (secondary N) is 1. The van der Waals surface area contributed by atoms with Crippen LogP contribution in [-0.4, -0.2) is 71.4 Å². The number of amides is 1. The molecular weight excluding hydrogens is 286 g/mol. The highest BCUT2D eigenvalue weighted by Gasteiger charge is 2.44. The molecular formula is C8H15NO9S. The van der Waals surface area contributed by atoms with Crippen molar-refractivity contribution in [2.24, 2.45) is 0 Å². The molecule has 0 saturated carbocycles. The number of carbonyl (C=O) groups excluding carboxylic acids is 1. The Labute approximate surface area is 108 Å². The number of ether oxygens (including phenoxy) is 1. The van der Waals surface area contributed by atoms with Crippen molar-refractivity contribution >= 4 is 16.3 Å². The van der Waals surface area contributed by atoms with Crippen LogP contribution in [0.2, 0.25) is 0 Å². The first-order valence-corrected chi connectivity index (χ1v) is 6.57. The van der Waals surface area contributed by atoms with Gasteiger partial charge < -0.3 is 25.4 Å². The lowest BCUT2D eigenvalue weighted by atomic mass is 9.97. The fourth-order valence-electron chi connectivity index (χ4n) is 1.63. The van der Waals surface area contributed by atoms with Gasteiger partial charge in [0.15, 0.2) is 6.29 Å². The summed E-state index contributed by atoms with van der Waals surface area (Å²) in [5.74, 6) is -0.563. The quantitative estimate of drug-likeness (QED) is 0.335. The topological polar surface area (TPSA) is 163 Å². The van der Waals surface area contributed by atoms with Crippen molar-refractivity contribution in [1.29, 1.82) is 0 Å². The van der Waals surface area contributed by atoms with Gasteiger partial charge >= 0.3 is 10.4 Å². The van der Waals surface area contributed by atoms with Crippen LogP contribution < -0.4 is 5.32 Å². The van der Waals surface area contributed by atoms with E-state index in [1.54, 1.807) is 0 Å². The smallest absolute Gasteiger partial charge is 0.388 e. The molecule has 0 aromatic carbocycles. The second-order valence-electron chi connectivity index (χ2n) is 3.98. The molecule has 1 fully saturated rings. The number of rotatable bonds is 4. The third kappa shape index (κ3) is 4.65. The first-order valence-electron chi connectivity index (χ1n) is 5.20. The second kappa shape index (κ2) is 6.09. The summed E-state index contributed by atoms with van der Waals surface area (Å²) in [6, 6.07) is -1.27. The molecule has 1 heterocycles. The highest BCUT2D eigenvalue weighted by atomic mass is 32.3. The van der Waals surface area contributed by atoms with E-state index in [9.17, 15) is 28.5 Å². The second-order valence-corrected chi connectivity index (χ2v) is 5.08. The van der Waals surface area contributed by atoms with Gasteiger partial charge in [-0.2, -0.15) is 8.42 Å². The number of hydrogen-bond donors (Lipinski definition) is 5. The summed E-state index contributed by atoms with van der Waals surface area (Å²) in [5, 5.41) is 31.0. The molecule has 5 N–H and O–H groups in total. The molecule has 10 nitrogen and oxygen atoms in total. The van der Waals surface area contributed by atoms with Crippen LogP contribution >= 0.6 is 0 Å². The largest absolute Gasteiger partial charge is 0.397 e. The SMILES string of the molecule is CC(=O)NC1C(O)OC(COS(=O)(=O)O)[C@@H](O)C1O. The van der Waals surface area contributed by atoms with E-state index < -0.39 is 53.6 Å². The molecule has 0 radical (unpaired) electrons. The molecule has 1 aliphatic heterocycles. The van der Waals surface area contributed by atoms with E-state index in [4.69, 9.17) is 9.29 Å². The molecule has 19 heavy (non-hydrogen) atoms. The molecule has 0 aromatic heterocycles. The van der Waals surface area contributed by atoms with Crippen LogP contribution in [0.25, 0.3) is 0 Å². The molecule has 5 atom stereocenters. The fraction of sp³-hybridized carbons (Fsp3) is 0.875. The standard InChI is InChI=1S/C8H15NO9S/c1-3(10)9-5-7(12)6(11)4(18-8(5)13)2-17-19(14,15)16/h4-8,11-13H,2H2,1H3,(H,9,10)(H,14,15,16)/t4?,5?,6-,7?,8?/m1/s1. The highest BCUT2D eigenvalue weighted by Crippen LogP contribution is 2.20. The summed E-state index contributed by atoms with van der Waals surface area (Å²) in [7, 11) is -4.74. The lowest BCUT2D eigenvalue weighted by Crippen LogP contribution is -2.64. The van der Waals surface area contributed by atoms with E-state index >= 15 is 0 Å². The van der Waals surface area contributed by atoms with Gasteiger partial charge in [0, 0.05) is 6.92 Å². The number of aliphatic hydroxyl groups is 3. The van der Waals surface area contributed by atoms with Gasteiger partial charge in [0.1, 0.15) is 24.4 Å². The molecule has 1 rings (SSSR count). The minimum atomic E-state index is -4.74. The van der Waals surface area contributed by atoms with Crippen molar-refractivity contribution in [3.05, 3.63) is 0 Å². The van der Waals surface area contributed by atoms with Crippen LogP contribution in [0.1, 0.15) is 6.92 Å². The van der Waals surface area contributed by atoms with Gasteiger partial charge in [0.05, 0.1) is 6.61 Å². The van der Waals surface area contributed by atoms with Crippen molar-refractivity contribution in [2.45, 2.75) is 37.6 Å². The van der Waals surface area contributed by atoms with Crippen LogP contribution in [0.5, 0.6) is 0 Å². The zero-order valence-corrected chi connectivity index (χ0v) is 10.6. The molecule has 1 aliphatic rings. The molecule has 0 aromatic rings. The zero-order chi connectivity index (χ0) is 14.8. The third-order valence-corrected chi connectivity index (χ3v) is 2.91. The van der Waals surface area contributed by atoms with Crippen molar-refractivity contribution in [2.75, 3.05) is 6.61 Å². The predicted molar refractivity (Wildman–Crippen MR) is 58.0 cm³/mol. The Kier molecular flexibility index (Phi) is 5.20. The predicted octanol–water partition coefficient (Wildman–Crippen LogP) is -3.25. The minimum absolute atomic E-state index is 0.563. The Morgan fingerprint density at radius 2 is 1.89 bits per heavy atom. The van der Waals surface area contributed by atoms with Crippen LogP contribution in [0.3, 0.4) is 0 Å². The first-order chi connectivity index (χ1) is 8.61. The van der Waals surface area contributed by atoms with E-state index in [-0.39, 0.29) is 0 Å². The summed E-state index contributed by atoms with van der Waals surface area (Å²) in [4.78, 5) is 10.8.